The van der Waals surface area contributed by atoms with Gasteiger partial charge in [0.05, 0.1) is 17.7 Å². The van der Waals surface area contributed by atoms with Gasteiger partial charge in [-0.2, -0.15) is 0 Å². The van der Waals surface area contributed by atoms with E-state index in [1.807, 2.05) is 14.1 Å². The topological polar surface area (TPSA) is 41.6 Å². The molecule has 1 N–H and O–H groups in total. The first-order valence-corrected chi connectivity index (χ1v) is 6.19. The first-order chi connectivity index (χ1) is 8.54. The number of rotatable bonds is 6. The van der Waals surface area contributed by atoms with Crippen LogP contribution in [0.1, 0.15) is 16.8 Å². The van der Waals surface area contributed by atoms with Crippen molar-refractivity contribution < 1.29 is 9.53 Å². The third kappa shape index (κ3) is 4.55. The van der Waals surface area contributed by atoms with Crippen LogP contribution in [0.3, 0.4) is 0 Å². The standard InChI is InChI=1S/C13H19ClN2O2/c1-16(2)8-4-7-15-13(17)11-6-5-10(18-3)9-12(11)14/h5-6,9H,4,7-8H2,1-3H3,(H,15,17). The number of hydrogen-bond donors (Lipinski definition) is 1. The van der Waals surface area contributed by atoms with Crippen molar-refractivity contribution in [2.45, 2.75) is 6.42 Å². The largest absolute Gasteiger partial charge is 0.497 e. The lowest BCUT2D eigenvalue weighted by atomic mass is 10.2. The van der Waals surface area contributed by atoms with E-state index >= 15 is 0 Å². The van der Waals surface area contributed by atoms with Crippen molar-refractivity contribution in [1.29, 1.82) is 0 Å². The summed E-state index contributed by atoms with van der Waals surface area (Å²) in [5, 5.41) is 3.24. The highest BCUT2D eigenvalue weighted by Gasteiger charge is 2.10. The molecule has 5 heteroatoms. The third-order valence-electron chi connectivity index (χ3n) is 2.49. The normalized spacial score (nSPS) is 10.5. The number of amides is 1. The Labute approximate surface area is 113 Å². The van der Waals surface area contributed by atoms with Gasteiger partial charge in [0.2, 0.25) is 0 Å². The number of ether oxygens (including phenoxy) is 1. The molecule has 0 aliphatic rings. The van der Waals surface area contributed by atoms with E-state index in [0.29, 0.717) is 22.9 Å². The second kappa shape index (κ2) is 7.24. The van der Waals surface area contributed by atoms with E-state index in [0.717, 1.165) is 13.0 Å². The summed E-state index contributed by atoms with van der Waals surface area (Å²) in [6.45, 7) is 1.58. The molecule has 0 bridgehead atoms. The van der Waals surface area contributed by atoms with Gasteiger partial charge in [0.25, 0.3) is 5.91 Å². The lowest BCUT2D eigenvalue weighted by Crippen LogP contribution is -2.27. The lowest BCUT2D eigenvalue weighted by Gasteiger charge is -2.10. The summed E-state index contributed by atoms with van der Waals surface area (Å²) in [7, 11) is 5.57. The van der Waals surface area contributed by atoms with Crippen molar-refractivity contribution in [2.24, 2.45) is 0 Å². The Morgan fingerprint density at radius 3 is 2.72 bits per heavy atom. The van der Waals surface area contributed by atoms with Gasteiger partial charge in [-0.25, -0.2) is 0 Å². The van der Waals surface area contributed by atoms with E-state index in [9.17, 15) is 4.79 Å². The zero-order chi connectivity index (χ0) is 13.5. The van der Waals surface area contributed by atoms with Gasteiger partial charge in [0.1, 0.15) is 5.75 Å². The first kappa shape index (κ1) is 14.8. The van der Waals surface area contributed by atoms with E-state index in [1.54, 1.807) is 25.3 Å². The van der Waals surface area contributed by atoms with Crippen molar-refractivity contribution in [2.75, 3.05) is 34.3 Å². The fourth-order valence-electron chi connectivity index (χ4n) is 1.50. The highest BCUT2D eigenvalue weighted by Crippen LogP contribution is 2.22. The molecule has 4 nitrogen and oxygen atoms in total. The molecule has 0 saturated heterocycles. The van der Waals surface area contributed by atoms with Crippen LogP contribution < -0.4 is 10.1 Å². The molecule has 0 heterocycles. The van der Waals surface area contributed by atoms with Gasteiger partial charge in [-0.15, -0.1) is 0 Å². The SMILES string of the molecule is COc1ccc(C(=O)NCCCN(C)C)c(Cl)c1. The summed E-state index contributed by atoms with van der Waals surface area (Å²) in [5.74, 6) is 0.491. The molecule has 1 aromatic carbocycles. The van der Waals surface area contributed by atoms with Gasteiger partial charge < -0.3 is 15.0 Å². The van der Waals surface area contributed by atoms with Crippen molar-refractivity contribution >= 4 is 17.5 Å². The van der Waals surface area contributed by atoms with Crippen LogP contribution in [0.5, 0.6) is 5.75 Å². The molecule has 0 saturated carbocycles. The zero-order valence-corrected chi connectivity index (χ0v) is 11.8. The molecular weight excluding hydrogens is 252 g/mol. The molecule has 0 atom stereocenters. The predicted molar refractivity (Wildman–Crippen MR) is 73.5 cm³/mol. The molecule has 1 rings (SSSR count). The van der Waals surface area contributed by atoms with Crippen LogP contribution in [0.4, 0.5) is 0 Å². The molecule has 0 spiro atoms. The average molecular weight is 271 g/mol. The molecule has 0 aliphatic heterocycles. The Hall–Kier alpha value is -1.26. The highest BCUT2D eigenvalue weighted by molar-refractivity contribution is 6.34. The number of carbonyl (C=O) groups is 1. The van der Waals surface area contributed by atoms with Crippen LogP contribution in [0.25, 0.3) is 0 Å². The smallest absolute Gasteiger partial charge is 0.252 e. The summed E-state index contributed by atoms with van der Waals surface area (Å²) in [6, 6.07) is 5.03. The fraction of sp³-hybridized carbons (Fsp3) is 0.462. The molecule has 1 aromatic rings. The van der Waals surface area contributed by atoms with Crippen LogP contribution in [-0.4, -0.2) is 45.1 Å². The summed E-state index contributed by atoms with van der Waals surface area (Å²) in [5.41, 5.74) is 0.474. The van der Waals surface area contributed by atoms with Crippen molar-refractivity contribution in [3.8, 4) is 5.75 Å². The van der Waals surface area contributed by atoms with Crippen molar-refractivity contribution in [1.82, 2.24) is 10.2 Å². The minimum Gasteiger partial charge on any atom is -0.497 e. The molecule has 0 aromatic heterocycles. The fourth-order valence-corrected chi connectivity index (χ4v) is 1.76. The van der Waals surface area contributed by atoms with Gasteiger partial charge in [0.15, 0.2) is 0 Å². The van der Waals surface area contributed by atoms with Crippen LogP contribution in [0, 0.1) is 0 Å². The Morgan fingerprint density at radius 1 is 1.44 bits per heavy atom. The second-order valence-corrected chi connectivity index (χ2v) is 4.67. The molecule has 0 unspecified atom stereocenters. The summed E-state index contributed by atoms with van der Waals surface area (Å²) in [6.07, 6.45) is 0.909. The molecule has 0 radical (unpaired) electrons. The minimum absolute atomic E-state index is 0.151. The quantitative estimate of drug-likeness (QED) is 0.805. The molecular formula is C13H19ClN2O2. The van der Waals surface area contributed by atoms with Crippen LogP contribution in [0.2, 0.25) is 5.02 Å². The second-order valence-electron chi connectivity index (χ2n) is 4.26. The number of halogens is 1. The van der Waals surface area contributed by atoms with Gasteiger partial charge in [-0.1, -0.05) is 11.6 Å². The third-order valence-corrected chi connectivity index (χ3v) is 2.80. The molecule has 1 amide bonds. The van der Waals surface area contributed by atoms with Gasteiger partial charge in [-0.05, 0) is 45.3 Å². The summed E-state index contributed by atoms with van der Waals surface area (Å²) >= 11 is 6.02. The van der Waals surface area contributed by atoms with Crippen LogP contribution in [0.15, 0.2) is 18.2 Å². The lowest BCUT2D eigenvalue weighted by molar-refractivity contribution is 0.0952. The number of methoxy groups -OCH3 is 1. The summed E-state index contributed by atoms with van der Waals surface area (Å²) in [4.78, 5) is 13.9. The first-order valence-electron chi connectivity index (χ1n) is 5.81. The Balaban J connectivity index is 2.51. The average Bonchev–Trinajstić information content (AvgIpc) is 2.33. The Kier molecular flexibility index (Phi) is 5.95. The van der Waals surface area contributed by atoms with E-state index in [2.05, 4.69) is 10.2 Å². The van der Waals surface area contributed by atoms with Gasteiger partial charge in [0, 0.05) is 6.54 Å². The van der Waals surface area contributed by atoms with Crippen LogP contribution in [-0.2, 0) is 0 Å². The highest BCUT2D eigenvalue weighted by atomic mass is 35.5. The minimum atomic E-state index is -0.151. The molecule has 100 valence electrons. The van der Waals surface area contributed by atoms with Gasteiger partial charge in [-0.3, -0.25) is 4.79 Å². The number of nitrogens with zero attached hydrogens (tertiary/aromatic N) is 1. The maximum absolute atomic E-state index is 11.9. The van der Waals surface area contributed by atoms with E-state index in [-0.39, 0.29) is 5.91 Å². The van der Waals surface area contributed by atoms with E-state index in [4.69, 9.17) is 16.3 Å². The molecule has 0 aliphatic carbocycles. The Morgan fingerprint density at radius 2 is 2.17 bits per heavy atom. The number of hydrogen-bond acceptors (Lipinski definition) is 3. The van der Waals surface area contributed by atoms with Crippen LogP contribution >= 0.6 is 11.6 Å². The van der Waals surface area contributed by atoms with E-state index < -0.39 is 0 Å². The maximum Gasteiger partial charge on any atom is 0.252 e. The van der Waals surface area contributed by atoms with Crippen molar-refractivity contribution in [3.05, 3.63) is 28.8 Å². The Bertz CT molecular complexity index is 408. The number of carbonyl (C=O) groups excluding carboxylic acids is 1. The number of nitrogens with one attached hydrogen (secondary N) is 1. The number of benzene rings is 1. The van der Waals surface area contributed by atoms with E-state index in [1.165, 1.54) is 0 Å². The predicted octanol–water partition coefficient (Wildman–Crippen LogP) is 2.03. The maximum atomic E-state index is 11.9. The zero-order valence-electron chi connectivity index (χ0n) is 11.0. The molecule has 18 heavy (non-hydrogen) atoms. The monoisotopic (exact) mass is 270 g/mol. The van der Waals surface area contributed by atoms with Crippen molar-refractivity contribution in [3.63, 3.8) is 0 Å². The summed E-state index contributed by atoms with van der Waals surface area (Å²) < 4.78 is 5.03. The molecule has 0 fully saturated rings. The van der Waals surface area contributed by atoms with Gasteiger partial charge >= 0.3 is 0 Å².